The maximum Gasteiger partial charge on any atom is 0.247 e. The molecule has 0 aromatic carbocycles. The number of aromatic nitrogens is 4. The number of nitrogens with one attached hydrogen (secondary N) is 1. The van der Waals surface area contributed by atoms with Gasteiger partial charge in [-0.3, -0.25) is 4.98 Å². The molecular weight excluding hydrogens is 382 g/mol. The molecule has 0 spiro atoms. The van der Waals surface area contributed by atoms with Crippen LogP contribution in [0.15, 0.2) is 35.6 Å². The van der Waals surface area contributed by atoms with Crippen molar-refractivity contribution in [2.45, 2.75) is 18.0 Å². The normalized spacial score (nSPS) is 17.8. The highest BCUT2D eigenvalue weighted by Gasteiger charge is 2.26. The van der Waals surface area contributed by atoms with Crippen molar-refractivity contribution in [3.05, 3.63) is 30.6 Å². The monoisotopic (exact) mass is 403 g/mol. The lowest BCUT2D eigenvalue weighted by molar-refractivity contribution is 0.0986. The summed E-state index contributed by atoms with van der Waals surface area (Å²) in [6, 6.07) is 5.05. The molecule has 3 aromatic heterocycles. The van der Waals surface area contributed by atoms with Gasteiger partial charge in [0.15, 0.2) is 20.7 Å². The van der Waals surface area contributed by atoms with E-state index in [0.717, 1.165) is 6.26 Å². The van der Waals surface area contributed by atoms with Gasteiger partial charge in [0.2, 0.25) is 5.95 Å². The van der Waals surface area contributed by atoms with Crippen molar-refractivity contribution in [2.75, 3.05) is 42.0 Å². The first-order valence-corrected chi connectivity index (χ1v) is 10.6. The Morgan fingerprint density at radius 3 is 2.86 bits per heavy atom. The standard InChI is InChI=1S/C17H21N7O3S/c1-11-10-27-8-7-23(11)16-14-3-4-15(28(2,25)26)24(14)22-17(21-16)20-13-5-6-19-9-12(13)18/h3-6,9,11H,7-8,10,18H2,1-2H3,(H,19,20,22)/t11-/m1/s1. The summed E-state index contributed by atoms with van der Waals surface area (Å²) in [6.45, 7) is 3.81. The van der Waals surface area contributed by atoms with Crippen LogP contribution in [0, 0.1) is 0 Å². The molecule has 10 nitrogen and oxygen atoms in total. The van der Waals surface area contributed by atoms with Crippen molar-refractivity contribution < 1.29 is 13.2 Å². The van der Waals surface area contributed by atoms with Gasteiger partial charge < -0.3 is 20.7 Å². The first-order chi connectivity index (χ1) is 13.3. The van der Waals surface area contributed by atoms with E-state index in [1.165, 1.54) is 10.7 Å². The van der Waals surface area contributed by atoms with E-state index in [2.05, 4.69) is 25.3 Å². The predicted octanol–water partition coefficient (Wildman–Crippen LogP) is 1.08. The zero-order valence-corrected chi connectivity index (χ0v) is 16.3. The van der Waals surface area contributed by atoms with Crippen LogP contribution in [0.3, 0.4) is 0 Å². The molecule has 0 bridgehead atoms. The lowest BCUT2D eigenvalue weighted by atomic mass is 10.2. The Balaban J connectivity index is 1.89. The van der Waals surface area contributed by atoms with Gasteiger partial charge in [0.25, 0.3) is 0 Å². The smallest absolute Gasteiger partial charge is 0.247 e. The second-order valence-corrected chi connectivity index (χ2v) is 8.67. The second kappa shape index (κ2) is 6.91. The van der Waals surface area contributed by atoms with E-state index in [4.69, 9.17) is 10.5 Å². The van der Waals surface area contributed by atoms with Crippen LogP contribution < -0.4 is 16.0 Å². The van der Waals surface area contributed by atoms with Gasteiger partial charge in [-0.1, -0.05) is 0 Å². The van der Waals surface area contributed by atoms with Crippen molar-refractivity contribution in [2.24, 2.45) is 0 Å². The van der Waals surface area contributed by atoms with Crippen molar-refractivity contribution in [1.29, 1.82) is 0 Å². The van der Waals surface area contributed by atoms with E-state index < -0.39 is 9.84 Å². The summed E-state index contributed by atoms with van der Waals surface area (Å²) in [5, 5.41) is 7.56. The van der Waals surface area contributed by atoms with Crippen LogP contribution in [0.2, 0.25) is 0 Å². The minimum Gasteiger partial charge on any atom is -0.396 e. The molecule has 0 unspecified atom stereocenters. The largest absolute Gasteiger partial charge is 0.396 e. The molecule has 28 heavy (non-hydrogen) atoms. The first kappa shape index (κ1) is 18.4. The van der Waals surface area contributed by atoms with Gasteiger partial charge in [0.05, 0.1) is 36.8 Å². The molecule has 1 aliphatic rings. The summed E-state index contributed by atoms with van der Waals surface area (Å²) in [7, 11) is -3.48. The third-order valence-electron chi connectivity index (χ3n) is 4.57. The summed E-state index contributed by atoms with van der Waals surface area (Å²) in [4.78, 5) is 10.7. The van der Waals surface area contributed by atoms with Gasteiger partial charge in [-0.05, 0) is 25.1 Å². The number of sulfone groups is 1. The third kappa shape index (κ3) is 3.34. The van der Waals surface area contributed by atoms with Gasteiger partial charge in [0, 0.05) is 19.0 Å². The molecule has 4 rings (SSSR count). The first-order valence-electron chi connectivity index (χ1n) is 8.75. The van der Waals surface area contributed by atoms with E-state index in [-0.39, 0.29) is 17.0 Å². The highest BCUT2D eigenvalue weighted by Crippen LogP contribution is 2.28. The number of morpholine rings is 1. The van der Waals surface area contributed by atoms with Crippen LogP contribution in [-0.2, 0) is 14.6 Å². The predicted molar refractivity (Wildman–Crippen MR) is 106 cm³/mol. The Hall–Kier alpha value is -2.92. The summed E-state index contributed by atoms with van der Waals surface area (Å²) >= 11 is 0. The van der Waals surface area contributed by atoms with E-state index in [1.807, 2.05) is 6.92 Å². The second-order valence-electron chi connectivity index (χ2n) is 6.71. The number of hydrogen-bond acceptors (Lipinski definition) is 9. The SMILES string of the molecule is C[C@@H]1COCCN1c1nc(Nc2ccncc2N)nn2c(S(C)(=O)=O)ccc12. The quantitative estimate of drug-likeness (QED) is 0.657. The number of fused-ring (bicyclic) bond motifs is 1. The average molecular weight is 403 g/mol. The Kier molecular flexibility index (Phi) is 4.55. The molecule has 4 heterocycles. The minimum absolute atomic E-state index is 0.0860. The summed E-state index contributed by atoms with van der Waals surface area (Å²) in [5.74, 6) is 0.871. The van der Waals surface area contributed by atoms with Gasteiger partial charge in [-0.15, -0.1) is 5.10 Å². The van der Waals surface area contributed by atoms with E-state index in [1.54, 1.807) is 24.4 Å². The van der Waals surface area contributed by atoms with E-state index in [0.29, 0.717) is 42.5 Å². The lowest BCUT2D eigenvalue weighted by Gasteiger charge is -2.34. The van der Waals surface area contributed by atoms with Gasteiger partial charge in [-0.2, -0.15) is 4.98 Å². The number of nitrogens with two attached hydrogens (primary N) is 1. The number of rotatable bonds is 4. The molecule has 0 radical (unpaired) electrons. The highest BCUT2D eigenvalue weighted by atomic mass is 32.2. The van der Waals surface area contributed by atoms with Crippen molar-refractivity contribution in [3.8, 4) is 0 Å². The number of nitrogen functional groups attached to an aromatic ring is 1. The van der Waals surface area contributed by atoms with Gasteiger partial charge >= 0.3 is 0 Å². The number of pyridine rings is 1. The highest BCUT2D eigenvalue weighted by molar-refractivity contribution is 7.90. The maximum absolute atomic E-state index is 12.2. The van der Waals surface area contributed by atoms with Crippen molar-refractivity contribution >= 4 is 38.5 Å². The van der Waals surface area contributed by atoms with Crippen molar-refractivity contribution in [1.82, 2.24) is 19.6 Å². The van der Waals surface area contributed by atoms with Crippen LogP contribution in [0.5, 0.6) is 0 Å². The van der Waals surface area contributed by atoms with Crippen LogP contribution in [-0.4, -0.2) is 60.1 Å². The van der Waals surface area contributed by atoms with Crippen molar-refractivity contribution in [3.63, 3.8) is 0 Å². The Morgan fingerprint density at radius 2 is 2.14 bits per heavy atom. The van der Waals surface area contributed by atoms with Crippen LogP contribution >= 0.6 is 0 Å². The summed E-state index contributed by atoms with van der Waals surface area (Å²) in [5.41, 5.74) is 7.59. The number of nitrogens with zero attached hydrogens (tertiary/aromatic N) is 5. The van der Waals surface area contributed by atoms with Crippen LogP contribution in [0.4, 0.5) is 23.1 Å². The number of ether oxygens (including phenoxy) is 1. The fourth-order valence-corrected chi connectivity index (χ4v) is 3.95. The minimum atomic E-state index is -3.48. The molecule has 1 aliphatic heterocycles. The summed E-state index contributed by atoms with van der Waals surface area (Å²) < 4.78 is 31.4. The lowest BCUT2D eigenvalue weighted by Crippen LogP contribution is -2.44. The summed E-state index contributed by atoms with van der Waals surface area (Å²) in [6.07, 6.45) is 4.27. The van der Waals surface area contributed by atoms with Crippen LogP contribution in [0.1, 0.15) is 6.92 Å². The zero-order chi connectivity index (χ0) is 19.9. The van der Waals surface area contributed by atoms with Crippen LogP contribution in [0.25, 0.3) is 5.52 Å². The topological polar surface area (TPSA) is 128 Å². The fraction of sp³-hybridized carbons (Fsp3) is 0.353. The van der Waals surface area contributed by atoms with Gasteiger partial charge in [0.1, 0.15) is 5.52 Å². The Morgan fingerprint density at radius 1 is 1.32 bits per heavy atom. The molecule has 1 saturated heterocycles. The maximum atomic E-state index is 12.2. The molecule has 11 heteroatoms. The molecule has 3 aromatic rings. The molecule has 3 N–H and O–H groups in total. The van der Waals surface area contributed by atoms with E-state index in [9.17, 15) is 8.42 Å². The molecule has 1 fully saturated rings. The third-order valence-corrected chi connectivity index (χ3v) is 5.64. The fourth-order valence-electron chi connectivity index (χ4n) is 3.18. The average Bonchev–Trinajstić information content (AvgIpc) is 3.08. The zero-order valence-electron chi connectivity index (χ0n) is 15.5. The molecule has 148 valence electrons. The molecule has 0 aliphatic carbocycles. The Labute approximate surface area is 162 Å². The van der Waals surface area contributed by atoms with Gasteiger partial charge in [-0.25, -0.2) is 12.9 Å². The molecular formula is C17H21N7O3S. The molecule has 0 saturated carbocycles. The molecule has 0 amide bonds. The van der Waals surface area contributed by atoms with E-state index >= 15 is 0 Å². The number of anilines is 4. The Bertz CT molecular complexity index is 1130. The number of hydrogen-bond donors (Lipinski definition) is 2. The molecule has 1 atom stereocenters.